The average molecular weight is 295 g/mol. The van der Waals surface area contributed by atoms with Crippen molar-refractivity contribution in [3.8, 4) is 5.75 Å². The van der Waals surface area contributed by atoms with E-state index in [0.717, 1.165) is 29.9 Å². The number of furan rings is 1. The summed E-state index contributed by atoms with van der Waals surface area (Å²) in [5.41, 5.74) is 1.98. The fraction of sp³-hybridized carbons (Fsp3) is 0.231. The van der Waals surface area contributed by atoms with E-state index in [0.29, 0.717) is 10.4 Å². The van der Waals surface area contributed by atoms with Gasteiger partial charge in [-0.1, -0.05) is 6.07 Å². The van der Waals surface area contributed by atoms with Crippen LogP contribution < -0.4 is 4.74 Å². The van der Waals surface area contributed by atoms with E-state index in [9.17, 15) is 5.11 Å². The smallest absolute Gasteiger partial charge is 0.169 e. The molecular formula is C13H11BrO3. The quantitative estimate of drug-likeness (QED) is 0.926. The van der Waals surface area contributed by atoms with E-state index in [-0.39, 0.29) is 0 Å². The molecular weight excluding hydrogens is 284 g/mol. The molecule has 1 aliphatic heterocycles. The minimum Gasteiger partial charge on any atom is -0.493 e. The Hall–Kier alpha value is -1.26. The third-order valence-electron chi connectivity index (χ3n) is 2.89. The lowest BCUT2D eigenvalue weighted by molar-refractivity contribution is 0.187. The van der Waals surface area contributed by atoms with Gasteiger partial charge in [-0.3, -0.25) is 0 Å². The minimum absolute atomic E-state index is 0.538. The largest absolute Gasteiger partial charge is 0.493 e. The highest BCUT2D eigenvalue weighted by atomic mass is 79.9. The highest BCUT2D eigenvalue weighted by molar-refractivity contribution is 9.10. The molecule has 1 aliphatic rings. The predicted molar refractivity (Wildman–Crippen MR) is 66.1 cm³/mol. The molecule has 0 amide bonds. The Morgan fingerprint density at radius 3 is 2.88 bits per heavy atom. The lowest BCUT2D eigenvalue weighted by Crippen LogP contribution is -1.98. The second-order valence-corrected chi connectivity index (χ2v) is 4.79. The SMILES string of the molecule is OC(c1ccc2c(c1)CCO2)c1ccc(Br)o1. The standard InChI is InChI=1S/C13H11BrO3/c14-12-4-3-11(17-12)13(15)9-1-2-10-8(7-9)5-6-16-10/h1-4,7,13,15H,5-6H2. The summed E-state index contributed by atoms with van der Waals surface area (Å²) in [4.78, 5) is 0. The number of halogens is 1. The van der Waals surface area contributed by atoms with Crippen molar-refractivity contribution in [2.24, 2.45) is 0 Å². The first kappa shape index (κ1) is 10.9. The number of fused-ring (bicyclic) bond motifs is 1. The zero-order valence-electron chi connectivity index (χ0n) is 9.02. The van der Waals surface area contributed by atoms with Crippen LogP contribution in [0, 0.1) is 0 Å². The molecule has 4 heteroatoms. The number of hydrogen-bond acceptors (Lipinski definition) is 3. The second kappa shape index (κ2) is 4.20. The van der Waals surface area contributed by atoms with Crippen LogP contribution in [0.15, 0.2) is 39.4 Å². The molecule has 0 spiro atoms. The van der Waals surface area contributed by atoms with Crippen LogP contribution in [0.4, 0.5) is 0 Å². The Kier molecular flexibility index (Phi) is 2.68. The maximum Gasteiger partial charge on any atom is 0.169 e. The fourth-order valence-electron chi connectivity index (χ4n) is 2.02. The zero-order valence-corrected chi connectivity index (χ0v) is 10.6. The van der Waals surface area contributed by atoms with Gasteiger partial charge in [-0.15, -0.1) is 0 Å². The Balaban J connectivity index is 1.94. The summed E-state index contributed by atoms with van der Waals surface area (Å²) in [6.45, 7) is 0.723. The summed E-state index contributed by atoms with van der Waals surface area (Å²) in [7, 11) is 0. The number of rotatable bonds is 2. The molecule has 1 N–H and O–H groups in total. The fourth-order valence-corrected chi connectivity index (χ4v) is 2.34. The monoisotopic (exact) mass is 294 g/mol. The summed E-state index contributed by atoms with van der Waals surface area (Å²) in [5, 5.41) is 10.2. The second-order valence-electron chi connectivity index (χ2n) is 4.01. The summed E-state index contributed by atoms with van der Waals surface area (Å²) < 4.78 is 11.4. The van der Waals surface area contributed by atoms with Crippen LogP contribution in [-0.4, -0.2) is 11.7 Å². The van der Waals surface area contributed by atoms with Gasteiger partial charge in [-0.2, -0.15) is 0 Å². The maximum atomic E-state index is 10.2. The van der Waals surface area contributed by atoms with Crippen molar-refractivity contribution in [2.45, 2.75) is 12.5 Å². The third-order valence-corrected chi connectivity index (χ3v) is 3.32. The third kappa shape index (κ3) is 1.98. The van der Waals surface area contributed by atoms with Crippen molar-refractivity contribution in [1.82, 2.24) is 0 Å². The van der Waals surface area contributed by atoms with Crippen molar-refractivity contribution in [1.29, 1.82) is 0 Å². The summed E-state index contributed by atoms with van der Waals surface area (Å²) >= 11 is 3.22. The van der Waals surface area contributed by atoms with Crippen LogP contribution in [-0.2, 0) is 6.42 Å². The van der Waals surface area contributed by atoms with Crippen molar-refractivity contribution in [2.75, 3.05) is 6.61 Å². The first-order chi connectivity index (χ1) is 8.24. The Labute approximate surface area is 107 Å². The van der Waals surface area contributed by atoms with Gasteiger partial charge in [0.15, 0.2) is 4.67 Å². The summed E-state index contributed by atoms with van der Waals surface area (Å²) in [5.74, 6) is 1.46. The topological polar surface area (TPSA) is 42.6 Å². The van der Waals surface area contributed by atoms with Gasteiger partial charge in [0, 0.05) is 6.42 Å². The first-order valence-corrected chi connectivity index (χ1v) is 6.22. The molecule has 1 unspecified atom stereocenters. The molecule has 88 valence electrons. The van der Waals surface area contributed by atoms with Gasteiger partial charge in [0.2, 0.25) is 0 Å². The van der Waals surface area contributed by atoms with Crippen molar-refractivity contribution in [3.63, 3.8) is 0 Å². The molecule has 0 bridgehead atoms. The molecule has 1 aromatic heterocycles. The van der Waals surface area contributed by atoms with Gasteiger partial charge in [0.25, 0.3) is 0 Å². The molecule has 0 aliphatic carbocycles. The molecule has 0 radical (unpaired) electrons. The normalized spacial score (nSPS) is 15.4. The van der Waals surface area contributed by atoms with Crippen molar-refractivity contribution < 1.29 is 14.3 Å². The number of aliphatic hydroxyl groups is 1. The molecule has 17 heavy (non-hydrogen) atoms. The molecule has 3 nitrogen and oxygen atoms in total. The first-order valence-electron chi connectivity index (χ1n) is 5.43. The van der Waals surface area contributed by atoms with E-state index in [4.69, 9.17) is 9.15 Å². The van der Waals surface area contributed by atoms with E-state index in [1.165, 1.54) is 0 Å². The van der Waals surface area contributed by atoms with Crippen LogP contribution in [0.3, 0.4) is 0 Å². The lowest BCUT2D eigenvalue weighted by atomic mass is 10.0. The molecule has 0 saturated carbocycles. The highest BCUT2D eigenvalue weighted by Gasteiger charge is 2.18. The van der Waals surface area contributed by atoms with Crippen molar-refractivity contribution in [3.05, 3.63) is 51.9 Å². The number of ether oxygens (including phenoxy) is 1. The van der Waals surface area contributed by atoms with Crippen LogP contribution >= 0.6 is 15.9 Å². The van der Waals surface area contributed by atoms with E-state index in [2.05, 4.69) is 15.9 Å². The highest BCUT2D eigenvalue weighted by Crippen LogP contribution is 2.31. The molecule has 3 rings (SSSR count). The van der Waals surface area contributed by atoms with Gasteiger partial charge in [0.1, 0.15) is 17.6 Å². The molecule has 2 aromatic rings. The van der Waals surface area contributed by atoms with Crippen molar-refractivity contribution >= 4 is 15.9 Å². The molecule has 0 fully saturated rings. The Morgan fingerprint density at radius 2 is 2.12 bits per heavy atom. The average Bonchev–Trinajstić information content (AvgIpc) is 2.95. The number of aliphatic hydroxyl groups excluding tert-OH is 1. The van der Waals surface area contributed by atoms with E-state index in [1.54, 1.807) is 12.1 Å². The van der Waals surface area contributed by atoms with Gasteiger partial charge < -0.3 is 14.3 Å². The molecule has 0 saturated heterocycles. The van der Waals surface area contributed by atoms with E-state index >= 15 is 0 Å². The molecule has 1 atom stereocenters. The van der Waals surface area contributed by atoms with E-state index in [1.807, 2.05) is 18.2 Å². The van der Waals surface area contributed by atoms with E-state index < -0.39 is 6.10 Å². The molecule has 2 heterocycles. The van der Waals surface area contributed by atoms with Gasteiger partial charge in [-0.25, -0.2) is 0 Å². The number of benzene rings is 1. The Morgan fingerprint density at radius 1 is 1.24 bits per heavy atom. The maximum absolute atomic E-state index is 10.2. The molecule has 1 aromatic carbocycles. The summed E-state index contributed by atoms with van der Waals surface area (Å²) in [6.07, 6.45) is 0.171. The van der Waals surface area contributed by atoms with Gasteiger partial charge in [-0.05, 0) is 51.3 Å². The van der Waals surface area contributed by atoms with Crippen LogP contribution in [0.5, 0.6) is 5.75 Å². The number of hydrogen-bond donors (Lipinski definition) is 1. The Bertz CT molecular complexity index is 547. The van der Waals surface area contributed by atoms with Crippen LogP contribution in [0.2, 0.25) is 0 Å². The summed E-state index contributed by atoms with van der Waals surface area (Å²) in [6, 6.07) is 9.28. The zero-order chi connectivity index (χ0) is 11.8. The predicted octanol–water partition coefficient (Wildman–Crippen LogP) is 3.06. The minimum atomic E-state index is -0.729. The van der Waals surface area contributed by atoms with Gasteiger partial charge >= 0.3 is 0 Å². The van der Waals surface area contributed by atoms with Crippen LogP contribution in [0.1, 0.15) is 23.0 Å². The lowest BCUT2D eigenvalue weighted by Gasteiger charge is -2.09. The van der Waals surface area contributed by atoms with Crippen LogP contribution in [0.25, 0.3) is 0 Å². The van der Waals surface area contributed by atoms with Gasteiger partial charge in [0.05, 0.1) is 6.61 Å².